The third-order valence-electron chi connectivity index (χ3n) is 3.39. The number of thiazole rings is 1. The molecule has 20 heavy (non-hydrogen) atoms. The number of nitrogens with one attached hydrogen (secondary N) is 1. The van der Waals surface area contributed by atoms with E-state index in [9.17, 15) is 0 Å². The summed E-state index contributed by atoms with van der Waals surface area (Å²) in [6.07, 6.45) is 5.15. The average Bonchev–Trinajstić information content (AvgIpc) is 3.00. The van der Waals surface area contributed by atoms with Gasteiger partial charge in [-0.1, -0.05) is 28.1 Å². The van der Waals surface area contributed by atoms with E-state index < -0.39 is 0 Å². The Morgan fingerprint density at radius 2 is 2.15 bits per heavy atom. The molecular formula is C15H16BrN3S. The molecule has 1 unspecified atom stereocenters. The highest BCUT2D eigenvalue weighted by molar-refractivity contribution is 9.10. The second-order valence-corrected chi connectivity index (χ2v) is 6.62. The number of likely N-dealkylation sites (N-methyl/N-ethyl adjacent to an activating group) is 1. The summed E-state index contributed by atoms with van der Waals surface area (Å²) in [5.41, 5.74) is 2.50. The smallest absolute Gasteiger partial charge is 0.193 e. The lowest BCUT2D eigenvalue weighted by molar-refractivity contribution is 0.620. The molecule has 1 N–H and O–H groups in total. The van der Waals surface area contributed by atoms with Gasteiger partial charge in [0.1, 0.15) is 0 Å². The molecule has 1 aromatic carbocycles. The van der Waals surface area contributed by atoms with Gasteiger partial charge in [0, 0.05) is 34.7 Å². The molecule has 0 aliphatic rings. The second kappa shape index (κ2) is 6.08. The largest absolute Gasteiger partial charge is 0.319 e. The first kappa shape index (κ1) is 13.8. The third-order valence-corrected chi connectivity index (χ3v) is 4.69. The normalized spacial score (nSPS) is 12.9. The van der Waals surface area contributed by atoms with Crippen molar-refractivity contribution in [1.82, 2.24) is 14.7 Å². The first-order valence-corrected chi connectivity index (χ1v) is 8.24. The van der Waals surface area contributed by atoms with E-state index in [1.807, 2.05) is 7.05 Å². The fourth-order valence-corrected chi connectivity index (χ4v) is 3.40. The lowest BCUT2D eigenvalue weighted by atomic mass is 9.94. The van der Waals surface area contributed by atoms with E-state index in [1.165, 1.54) is 5.56 Å². The van der Waals surface area contributed by atoms with Gasteiger partial charge < -0.3 is 5.32 Å². The lowest BCUT2D eigenvalue weighted by Crippen LogP contribution is -2.19. The zero-order valence-corrected chi connectivity index (χ0v) is 13.6. The molecule has 0 radical (unpaired) electrons. The SMILES string of the molecule is CNCC(Cc1cn2ccsc2n1)c1ccc(Br)cc1. The monoisotopic (exact) mass is 349 g/mol. The highest BCUT2D eigenvalue weighted by Crippen LogP contribution is 2.23. The Morgan fingerprint density at radius 1 is 1.35 bits per heavy atom. The van der Waals surface area contributed by atoms with Crippen LogP contribution in [0.4, 0.5) is 0 Å². The fraction of sp³-hybridized carbons (Fsp3) is 0.267. The van der Waals surface area contributed by atoms with Gasteiger partial charge in [-0.15, -0.1) is 11.3 Å². The lowest BCUT2D eigenvalue weighted by Gasteiger charge is -2.16. The number of imidazole rings is 1. The summed E-state index contributed by atoms with van der Waals surface area (Å²) in [6.45, 7) is 0.951. The predicted octanol–water partition coefficient (Wildman–Crippen LogP) is 3.70. The number of hydrogen-bond acceptors (Lipinski definition) is 3. The summed E-state index contributed by atoms with van der Waals surface area (Å²) < 4.78 is 3.21. The number of nitrogens with zero attached hydrogens (tertiary/aromatic N) is 2. The molecule has 0 aliphatic carbocycles. The Kier molecular flexibility index (Phi) is 4.19. The Morgan fingerprint density at radius 3 is 2.85 bits per heavy atom. The summed E-state index contributed by atoms with van der Waals surface area (Å²) in [6, 6.07) is 8.57. The van der Waals surface area contributed by atoms with Crippen LogP contribution in [0.25, 0.3) is 4.96 Å². The van der Waals surface area contributed by atoms with Gasteiger partial charge in [-0.05, 0) is 31.2 Å². The van der Waals surface area contributed by atoms with Crippen molar-refractivity contribution in [3.63, 3.8) is 0 Å². The van der Waals surface area contributed by atoms with E-state index in [1.54, 1.807) is 11.3 Å². The third kappa shape index (κ3) is 2.95. The van der Waals surface area contributed by atoms with E-state index in [2.05, 4.69) is 72.7 Å². The Hall–Kier alpha value is -1.17. The zero-order chi connectivity index (χ0) is 13.9. The van der Waals surface area contributed by atoms with Gasteiger partial charge in [-0.2, -0.15) is 0 Å². The maximum absolute atomic E-state index is 4.68. The molecule has 0 aliphatic heterocycles. The molecule has 5 heteroatoms. The van der Waals surface area contributed by atoms with Gasteiger partial charge in [-0.3, -0.25) is 4.40 Å². The van der Waals surface area contributed by atoms with E-state index in [4.69, 9.17) is 0 Å². The van der Waals surface area contributed by atoms with Crippen molar-refractivity contribution >= 4 is 32.2 Å². The van der Waals surface area contributed by atoms with E-state index >= 15 is 0 Å². The summed E-state index contributed by atoms with van der Waals surface area (Å²) in [5, 5.41) is 5.35. The minimum Gasteiger partial charge on any atom is -0.319 e. The Balaban J connectivity index is 1.83. The molecule has 0 saturated heterocycles. The van der Waals surface area contributed by atoms with Crippen molar-refractivity contribution in [3.8, 4) is 0 Å². The first-order chi connectivity index (χ1) is 9.76. The van der Waals surface area contributed by atoms with Crippen molar-refractivity contribution in [3.05, 3.63) is 57.8 Å². The standard InChI is InChI=1S/C15H16BrN3S/c1-17-9-12(11-2-4-13(16)5-3-11)8-14-10-19-6-7-20-15(19)18-14/h2-7,10,12,17H,8-9H2,1H3. The van der Waals surface area contributed by atoms with Crippen LogP contribution < -0.4 is 5.32 Å². The molecule has 2 heterocycles. The highest BCUT2D eigenvalue weighted by atomic mass is 79.9. The second-order valence-electron chi connectivity index (χ2n) is 4.84. The minimum absolute atomic E-state index is 0.442. The van der Waals surface area contributed by atoms with Crippen LogP contribution in [0, 0.1) is 0 Å². The number of benzene rings is 1. The maximum Gasteiger partial charge on any atom is 0.193 e. The van der Waals surface area contributed by atoms with Crippen molar-refractivity contribution < 1.29 is 0 Å². The van der Waals surface area contributed by atoms with Crippen LogP contribution in [0.1, 0.15) is 17.2 Å². The van der Waals surface area contributed by atoms with Gasteiger partial charge in [0.25, 0.3) is 0 Å². The highest BCUT2D eigenvalue weighted by Gasteiger charge is 2.14. The van der Waals surface area contributed by atoms with E-state index in [-0.39, 0.29) is 0 Å². The van der Waals surface area contributed by atoms with Crippen LogP contribution in [0.5, 0.6) is 0 Å². The molecule has 0 spiro atoms. The van der Waals surface area contributed by atoms with Crippen molar-refractivity contribution in [2.45, 2.75) is 12.3 Å². The number of rotatable bonds is 5. The van der Waals surface area contributed by atoms with Crippen LogP contribution in [0.3, 0.4) is 0 Å². The minimum atomic E-state index is 0.442. The molecule has 3 nitrogen and oxygen atoms in total. The number of fused-ring (bicyclic) bond motifs is 1. The summed E-state index contributed by atoms with van der Waals surface area (Å²) >= 11 is 5.16. The summed E-state index contributed by atoms with van der Waals surface area (Å²) in [5.74, 6) is 0.442. The summed E-state index contributed by atoms with van der Waals surface area (Å²) in [7, 11) is 2.00. The molecule has 0 amide bonds. The van der Waals surface area contributed by atoms with E-state index in [0.717, 1.165) is 28.1 Å². The molecule has 0 bridgehead atoms. The van der Waals surface area contributed by atoms with Crippen LogP contribution in [0.15, 0.2) is 46.5 Å². The van der Waals surface area contributed by atoms with E-state index in [0.29, 0.717) is 5.92 Å². The molecule has 3 aromatic rings. The Bertz CT molecular complexity index is 658. The average molecular weight is 350 g/mol. The van der Waals surface area contributed by atoms with Crippen LogP contribution >= 0.6 is 27.3 Å². The first-order valence-electron chi connectivity index (χ1n) is 6.57. The Labute approximate surface area is 130 Å². The van der Waals surface area contributed by atoms with Gasteiger partial charge in [-0.25, -0.2) is 4.98 Å². The summed E-state index contributed by atoms with van der Waals surface area (Å²) in [4.78, 5) is 5.75. The quantitative estimate of drug-likeness (QED) is 0.760. The topological polar surface area (TPSA) is 29.3 Å². The molecular weight excluding hydrogens is 334 g/mol. The van der Waals surface area contributed by atoms with Crippen LogP contribution in [0.2, 0.25) is 0 Å². The zero-order valence-electron chi connectivity index (χ0n) is 11.2. The molecule has 3 rings (SSSR count). The van der Waals surface area contributed by atoms with Crippen molar-refractivity contribution in [2.24, 2.45) is 0 Å². The molecule has 0 saturated carbocycles. The number of hydrogen-bond donors (Lipinski definition) is 1. The van der Waals surface area contributed by atoms with Crippen molar-refractivity contribution in [1.29, 1.82) is 0 Å². The van der Waals surface area contributed by atoms with Crippen molar-refractivity contribution in [2.75, 3.05) is 13.6 Å². The van der Waals surface area contributed by atoms with Gasteiger partial charge >= 0.3 is 0 Å². The molecule has 1 atom stereocenters. The van der Waals surface area contributed by atoms with Gasteiger partial charge in [0.2, 0.25) is 0 Å². The van der Waals surface area contributed by atoms with Crippen LogP contribution in [-0.4, -0.2) is 23.0 Å². The number of aromatic nitrogens is 2. The predicted molar refractivity (Wildman–Crippen MR) is 87.6 cm³/mol. The molecule has 2 aromatic heterocycles. The fourth-order valence-electron chi connectivity index (χ4n) is 2.42. The molecule has 104 valence electrons. The van der Waals surface area contributed by atoms with Gasteiger partial charge in [0.15, 0.2) is 4.96 Å². The maximum atomic E-state index is 4.68. The molecule has 0 fully saturated rings. The van der Waals surface area contributed by atoms with Crippen LogP contribution in [-0.2, 0) is 6.42 Å². The van der Waals surface area contributed by atoms with Gasteiger partial charge in [0.05, 0.1) is 5.69 Å². The number of halogens is 1.